The zero-order chi connectivity index (χ0) is 22.3. The third kappa shape index (κ3) is 3.63. The van der Waals surface area contributed by atoms with Gasteiger partial charge in [-0.1, -0.05) is 31.2 Å². The third-order valence-electron chi connectivity index (χ3n) is 5.89. The first-order chi connectivity index (χ1) is 14.8. The van der Waals surface area contributed by atoms with E-state index in [4.69, 9.17) is 0 Å². The number of nitrogens with zero attached hydrogens (tertiary/aromatic N) is 1. The Kier molecular flexibility index (Phi) is 5.19. The molecule has 2 N–H and O–H groups in total. The number of carbonyl (C=O) groups excluding carboxylic acids is 3. The summed E-state index contributed by atoms with van der Waals surface area (Å²) < 4.78 is 0. The Bertz CT molecular complexity index is 1140. The van der Waals surface area contributed by atoms with Crippen LogP contribution in [0.5, 0.6) is 0 Å². The highest BCUT2D eigenvalue weighted by Gasteiger charge is 2.50. The van der Waals surface area contributed by atoms with E-state index in [1.165, 1.54) is 17.0 Å². The molecule has 2 aromatic carbocycles. The van der Waals surface area contributed by atoms with Crippen molar-refractivity contribution in [2.45, 2.75) is 20.3 Å². The first kappa shape index (κ1) is 20.5. The predicted molar refractivity (Wildman–Crippen MR) is 115 cm³/mol. The molecular weight excluding hydrogens is 396 g/mol. The van der Waals surface area contributed by atoms with E-state index in [-0.39, 0.29) is 46.4 Å². The van der Waals surface area contributed by atoms with Crippen LogP contribution in [0.1, 0.15) is 39.6 Å². The summed E-state index contributed by atoms with van der Waals surface area (Å²) >= 11 is 0. The lowest BCUT2D eigenvalue weighted by Crippen LogP contribution is -2.31. The molecule has 1 saturated heterocycles. The molecule has 7 nitrogen and oxygen atoms in total. The lowest BCUT2D eigenvalue weighted by atomic mass is 9.78. The number of benzene rings is 2. The number of nitrogens with one attached hydrogen (secondary N) is 1. The molecule has 4 rings (SSSR count). The van der Waals surface area contributed by atoms with E-state index in [0.29, 0.717) is 12.1 Å². The molecular formula is C24H22N2O5. The van der Waals surface area contributed by atoms with E-state index < -0.39 is 11.9 Å². The number of carboxylic acid groups (broad SMARTS) is 1. The topological polar surface area (TPSA) is 104 Å². The van der Waals surface area contributed by atoms with E-state index in [1.54, 1.807) is 37.3 Å². The van der Waals surface area contributed by atoms with Crippen molar-refractivity contribution >= 4 is 35.1 Å². The zero-order valence-electron chi connectivity index (χ0n) is 17.2. The van der Waals surface area contributed by atoms with E-state index in [1.807, 2.05) is 19.1 Å². The van der Waals surface area contributed by atoms with Crippen molar-refractivity contribution in [1.82, 2.24) is 0 Å². The number of aryl methyl sites for hydroxylation is 1. The van der Waals surface area contributed by atoms with Crippen molar-refractivity contribution in [3.63, 3.8) is 0 Å². The summed E-state index contributed by atoms with van der Waals surface area (Å²) in [5.74, 6) is -2.98. The number of fused-ring (bicyclic) bond motifs is 1. The van der Waals surface area contributed by atoms with E-state index in [0.717, 1.165) is 5.56 Å². The maximum absolute atomic E-state index is 13.0. The molecule has 1 heterocycles. The molecule has 7 heteroatoms. The normalized spacial score (nSPS) is 22.4. The fraction of sp³-hybridized carbons (Fsp3) is 0.250. The first-order valence-corrected chi connectivity index (χ1v) is 10.1. The number of imide groups is 1. The van der Waals surface area contributed by atoms with Gasteiger partial charge in [0, 0.05) is 5.56 Å². The second-order valence-electron chi connectivity index (χ2n) is 8.03. The van der Waals surface area contributed by atoms with E-state index in [2.05, 4.69) is 5.32 Å². The number of hydrogen-bond acceptors (Lipinski definition) is 4. The summed E-state index contributed by atoms with van der Waals surface area (Å²) in [6.07, 6.45) is 4.43. The molecule has 1 aliphatic carbocycles. The van der Waals surface area contributed by atoms with Crippen LogP contribution in [0.3, 0.4) is 0 Å². The summed E-state index contributed by atoms with van der Waals surface area (Å²) in [6, 6.07) is 10.9. The fourth-order valence-corrected chi connectivity index (χ4v) is 4.33. The number of amides is 3. The maximum Gasteiger partial charge on any atom is 0.337 e. The summed E-state index contributed by atoms with van der Waals surface area (Å²) in [4.78, 5) is 51.4. The van der Waals surface area contributed by atoms with Crippen molar-refractivity contribution < 1.29 is 24.3 Å². The Balaban J connectivity index is 1.62. The van der Waals surface area contributed by atoms with Crippen molar-refractivity contribution in [1.29, 1.82) is 0 Å². The molecule has 0 aromatic heterocycles. The minimum atomic E-state index is -1.15. The van der Waals surface area contributed by atoms with Crippen LogP contribution in [0.2, 0.25) is 0 Å². The minimum Gasteiger partial charge on any atom is -0.478 e. The number of carboxylic acids is 1. The largest absolute Gasteiger partial charge is 0.478 e. The monoisotopic (exact) mass is 418 g/mol. The molecule has 0 radical (unpaired) electrons. The molecule has 158 valence electrons. The molecule has 0 saturated carbocycles. The van der Waals surface area contributed by atoms with Gasteiger partial charge in [-0.3, -0.25) is 19.3 Å². The number of aromatic carboxylic acids is 1. The van der Waals surface area contributed by atoms with Crippen LogP contribution in [0.25, 0.3) is 0 Å². The molecule has 2 aliphatic rings. The Labute approximate surface area is 179 Å². The fourth-order valence-electron chi connectivity index (χ4n) is 4.33. The Hall–Kier alpha value is -3.74. The SMILES string of the molecule is Cc1ccc(C(=O)O)c(NC(=O)c2cccc(N3C(=O)[C@H]4[C@@H](C)C=CC[C@H]4C3=O)c2)c1. The van der Waals surface area contributed by atoms with Gasteiger partial charge in [0.1, 0.15) is 0 Å². The highest BCUT2D eigenvalue weighted by atomic mass is 16.4. The lowest BCUT2D eigenvalue weighted by Gasteiger charge is -2.22. The Morgan fingerprint density at radius 3 is 2.58 bits per heavy atom. The highest BCUT2D eigenvalue weighted by Crippen LogP contribution is 2.40. The summed E-state index contributed by atoms with van der Waals surface area (Å²) in [7, 11) is 0. The van der Waals surface area contributed by atoms with Crippen LogP contribution < -0.4 is 10.2 Å². The quantitative estimate of drug-likeness (QED) is 0.583. The lowest BCUT2D eigenvalue weighted by molar-refractivity contribution is -0.122. The molecule has 3 atom stereocenters. The third-order valence-corrected chi connectivity index (χ3v) is 5.89. The van der Waals surface area contributed by atoms with Gasteiger partial charge in [-0.25, -0.2) is 4.79 Å². The van der Waals surface area contributed by atoms with Crippen molar-refractivity contribution in [3.8, 4) is 0 Å². The van der Waals surface area contributed by atoms with Crippen LogP contribution in [0.4, 0.5) is 11.4 Å². The van der Waals surface area contributed by atoms with Crippen LogP contribution >= 0.6 is 0 Å². The van der Waals surface area contributed by atoms with Gasteiger partial charge >= 0.3 is 5.97 Å². The maximum atomic E-state index is 13.0. The molecule has 2 aromatic rings. The van der Waals surface area contributed by atoms with Crippen LogP contribution in [-0.4, -0.2) is 28.8 Å². The standard InChI is InChI=1S/C24H22N2O5/c1-13-9-10-17(24(30)31)19(11-13)25-21(27)15-6-4-7-16(12-15)26-22(28)18-8-3-5-14(2)20(18)23(26)29/h3-7,9-12,14,18,20H,8H2,1-2H3,(H,25,27)(H,30,31)/t14-,18+,20-/m0/s1. The van der Waals surface area contributed by atoms with E-state index in [9.17, 15) is 24.3 Å². The number of anilines is 2. The van der Waals surface area contributed by atoms with Gasteiger partial charge in [0.05, 0.1) is 28.8 Å². The van der Waals surface area contributed by atoms with Gasteiger partial charge < -0.3 is 10.4 Å². The van der Waals surface area contributed by atoms with Crippen molar-refractivity contribution in [2.75, 3.05) is 10.2 Å². The Morgan fingerprint density at radius 2 is 1.87 bits per heavy atom. The molecule has 0 bridgehead atoms. The zero-order valence-corrected chi connectivity index (χ0v) is 17.2. The van der Waals surface area contributed by atoms with E-state index >= 15 is 0 Å². The van der Waals surface area contributed by atoms with Gasteiger partial charge in [-0.2, -0.15) is 0 Å². The highest BCUT2D eigenvalue weighted by molar-refractivity contribution is 6.22. The van der Waals surface area contributed by atoms with Gasteiger partial charge in [0.15, 0.2) is 0 Å². The average molecular weight is 418 g/mol. The summed E-state index contributed by atoms with van der Waals surface area (Å²) in [5, 5.41) is 12.0. The molecule has 0 spiro atoms. The smallest absolute Gasteiger partial charge is 0.337 e. The number of allylic oxidation sites excluding steroid dienone is 2. The average Bonchev–Trinajstić information content (AvgIpc) is 2.99. The van der Waals surface area contributed by atoms with Gasteiger partial charge in [0.25, 0.3) is 5.91 Å². The molecule has 0 unspecified atom stereocenters. The number of hydrogen-bond donors (Lipinski definition) is 2. The van der Waals surface area contributed by atoms with Gasteiger partial charge in [-0.15, -0.1) is 0 Å². The predicted octanol–water partition coefficient (Wildman–Crippen LogP) is 3.65. The summed E-state index contributed by atoms with van der Waals surface area (Å²) in [5.41, 5.74) is 1.52. The van der Waals surface area contributed by atoms with Gasteiger partial charge in [0.2, 0.25) is 11.8 Å². The molecule has 1 fully saturated rings. The minimum absolute atomic E-state index is 0.0226. The molecule has 31 heavy (non-hydrogen) atoms. The first-order valence-electron chi connectivity index (χ1n) is 10.1. The van der Waals surface area contributed by atoms with Crippen molar-refractivity contribution in [3.05, 3.63) is 71.3 Å². The van der Waals surface area contributed by atoms with Crippen LogP contribution in [0, 0.1) is 24.7 Å². The second kappa shape index (κ2) is 7.83. The van der Waals surface area contributed by atoms with Crippen LogP contribution in [0.15, 0.2) is 54.6 Å². The second-order valence-corrected chi connectivity index (χ2v) is 8.03. The van der Waals surface area contributed by atoms with Gasteiger partial charge in [-0.05, 0) is 55.2 Å². The van der Waals surface area contributed by atoms with Crippen molar-refractivity contribution in [2.24, 2.45) is 17.8 Å². The molecule has 3 amide bonds. The Morgan fingerprint density at radius 1 is 1.10 bits per heavy atom. The van der Waals surface area contributed by atoms with Crippen LogP contribution in [-0.2, 0) is 9.59 Å². The number of rotatable bonds is 4. The summed E-state index contributed by atoms with van der Waals surface area (Å²) in [6.45, 7) is 3.72. The molecule has 1 aliphatic heterocycles. The number of carbonyl (C=O) groups is 4.